The summed E-state index contributed by atoms with van der Waals surface area (Å²) < 4.78 is 30.7. The predicted octanol–water partition coefficient (Wildman–Crippen LogP) is 3.84. The predicted molar refractivity (Wildman–Crippen MR) is 110 cm³/mol. The highest BCUT2D eigenvalue weighted by molar-refractivity contribution is 7.92. The summed E-state index contributed by atoms with van der Waals surface area (Å²) in [6, 6.07) is 23.2. The van der Waals surface area contributed by atoms with E-state index in [1.54, 1.807) is 60.7 Å². The Hall–Kier alpha value is -3.45. The van der Waals surface area contributed by atoms with Crippen LogP contribution in [0.15, 0.2) is 84.9 Å². The molecule has 0 spiro atoms. The van der Waals surface area contributed by atoms with Gasteiger partial charge in [-0.1, -0.05) is 66.7 Å². The first-order valence-electron chi connectivity index (χ1n) is 8.76. The summed E-state index contributed by atoms with van der Waals surface area (Å²) in [7, 11) is -3.49. The maximum Gasteiger partial charge on any atom is 0.339 e. The lowest BCUT2D eigenvalue weighted by molar-refractivity contribution is 0.0280. The van der Waals surface area contributed by atoms with Gasteiger partial charge in [-0.15, -0.1) is 0 Å². The molecular formula is C22H19NO5S. The lowest BCUT2D eigenvalue weighted by Crippen LogP contribution is -2.20. The van der Waals surface area contributed by atoms with E-state index >= 15 is 0 Å². The molecule has 3 aromatic rings. The number of anilines is 1. The van der Waals surface area contributed by atoms with Crippen LogP contribution in [0.25, 0.3) is 0 Å². The van der Waals surface area contributed by atoms with Crippen molar-refractivity contribution in [3.63, 3.8) is 0 Å². The summed E-state index contributed by atoms with van der Waals surface area (Å²) >= 11 is 0. The molecule has 1 unspecified atom stereocenters. The molecule has 3 aromatic carbocycles. The van der Waals surface area contributed by atoms with Crippen LogP contribution >= 0.6 is 0 Å². The molecule has 7 heteroatoms. The van der Waals surface area contributed by atoms with E-state index in [0.29, 0.717) is 11.1 Å². The van der Waals surface area contributed by atoms with Gasteiger partial charge in [-0.3, -0.25) is 9.52 Å². The van der Waals surface area contributed by atoms with Gasteiger partial charge in [0, 0.05) is 16.8 Å². The highest BCUT2D eigenvalue weighted by atomic mass is 32.2. The maximum absolute atomic E-state index is 13.0. The number of carbonyl (C=O) groups excluding carboxylic acids is 2. The topological polar surface area (TPSA) is 89.5 Å². The fourth-order valence-electron chi connectivity index (χ4n) is 2.75. The second kappa shape index (κ2) is 8.70. The van der Waals surface area contributed by atoms with Gasteiger partial charge >= 0.3 is 5.97 Å². The molecule has 148 valence electrons. The number of Topliss-reactive ketones (excluding diaryl/α,β-unsaturated/α-hetero) is 1. The molecule has 0 heterocycles. The van der Waals surface area contributed by atoms with Crippen LogP contribution in [0.2, 0.25) is 0 Å². The Morgan fingerprint density at radius 2 is 1.41 bits per heavy atom. The normalized spacial score (nSPS) is 12.0. The van der Waals surface area contributed by atoms with Crippen LogP contribution in [0.1, 0.15) is 32.4 Å². The van der Waals surface area contributed by atoms with E-state index in [9.17, 15) is 18.0 Å². The molecule has 0 aliphatic carbocycles. The van der Waals surface area contributed by atoms with Gasteiger partial charge in [-0.25, -0.2) is 13.2 Å². The largest absolute Gasteiger partial charge is 0.445 e. The number of nitrogens with one attached hydrogen (secondary N) is 1. The SMILES string of the molecule is CS(=O)(=O)Nc1cccc(C(=O)OC(C(=O)c2ccccc2)c2ccccc2)c1. The first-order valence-corrected chi connectivity index (χ1v) is 10.7. The summed E-state index contributed by atoms with van der Waals surface area (Å²) in [4.78, 5) is 25.7. The Labute approximate surface area is 169 Å². The third kappa shape index (κ3) is 5.52. The van der Waals surface area contributed by atoms with Gasteiger partial charge in [-0.05, 0) is 18.2 Å². The third-order valence-corrected chi connectivity index (χ3v) is 4.63. The number of sulfonamides is 1. The molecule has 6 nitrogen and oxygen atoms in total. The van der Waals surface area contributed by atoms with Gasteiger partial charge in [0.15, 0.2) is 6.10 Å². The van der Waals surface area contributed by atoms with Crippen LogP contribution < -0.4 is 4.72 Å². The summed E-state index contributed by atoms with van der Waals surface area (Å²) in [6.07, 6.45) is -0.111. The zero-order chi connectivity index (χ0) is 20.9. The second-order valence-corrected chi connectivity index (χ2v) is 8.13. The van der Waals surface area contributed by atoms with E-state index in [1.165, 1.54) is 24.3 Å². The fraction of sp³-hybridized carbons (Fsp3) is 0.0909. The lowest BCUT2D eigenvalue weighted by atomic mass is 10.00. The molecule has 29 heavy (non-hydrogen) atoms. The van der Waals surface area contributed by atoms with Crippen LogP contribution in [0.4, 0.5) is 5.69 Å². The summed E-state index contributed by atoms with van der Waals surface area (Å²) in [5.74, 6) is -1.09. The van der Waals surface area contributed by atoms with Crippen molar-refractivity contribution in [3.8, 4) is 0 Å². The number of hydrogen-bond acceptors (Lipinski definition) is 5. The van der Waals surface area contributed by atoms with E-state index in [4.69, 9.17) is 4.74 Å². The minimum absolute atomic E-state index is 0.125. The Bertz CT molecular complexity index is 1110. The molecule has 0 radical (unpaired) electrons. The average Bonchev–Trinajstić information content (AvgIpc) is 2.71. The number of carbonyl (C=O) groups is 2. The summed E-state index contributed by atoms with van der Waals surface area (Å²) in [6.45, 7) is 0. The Kier molecular flexibility index (Phi) is 6.09. The van der Waals surface area contributed by atoms with E-state index in [1.807, 2.05) is 0 Å². The number of rotatable bonds is 7. The van der Waals surface area contributed by atoms with Crippen molar-refractivity contribution in [3.05, 3.63) is 102 Å². The van der Waals surface area contributed by atoms with Crippen LogP contribution in [0.5, 0.6) is 0 Å². The number of hydrogen-bond donors (Lipinski definition) is 1. The highest BCUT2D eigenvalue weighted by Crippen LogP contribution is 2.24. The summed E-state index contributed by atoms with van der Waals surface area (Å²) in [5.41, 5.74) is 1.31. The Morgan fingerprint density at radius 3 is 2.03 bits per heavy atom. The molecule has 0 saturated carbocycles. The quantitative estimate of drug-likeness (QED) is 0.473. The van der Waals surface area contributed by atoms with Gasteiger partial charge in [0.2, 0.25) is 15.8 Å². The number of esters is 1. The molecule has 0 fully saturated rings. The highest BCUT2D eigenvalue weighted by Gasteiger charge is 2.26. The third-order valence-electron chi connectivity index (χ3n) is 4.03. The number of ether oxygens (including phenoxy) is 1. The van der Waals surface area contributed by atoms with Crippen molar-refractivity contribution >= 4 is 27.5 Å². The molecule has 1 N–H and O–H groups in total. The van der Waals surface area contributed by atoms with E-state index in [-0.39, 0.29) is 17.0 Å². The van der Waals surface area contributed by atoms with Crippen molar-refractivity contribution in [1.29, 1.82) is 0 Å². The second-order valence-electron chi connectivity index (χ2n) is 6.38. The molecule has 0 bridgehead atoms. The molecular weight excluding hydrogens is 390 g/mol. The average molecular weight is 409 g/mol. The van der Waals surface area contributed by atoms with Crippen LogP contribution in [0.3, 0.4) is 0 Å². The summed E-state index contributed by atoms with van der Waals surface area (Å²) in [5, 5.41) is 0. The van der Waals surface area contributed by atoms with E-state index in [2.05, 4.69) is 4.72 Å². The van der Waals surface area contributed by atoms with Crippen molar-refractivity contribution in [2.45, 2.75) is 6.10 Å². The number of ketones is 1. The first kappa shape index (κ1) is 20.3. The van der Waals surface area contributed by atoms with Crippen LogP contribution in [-0.4, -0.2) is 26.4 Å². The van der Waals surface area contributed by atoms with Crippen LogP contribution in [-0.2, 0) is 14.8 Å². The van der Waals surface area contributed by atoms with Gasteiger partial charge in [0.05, 0.1) is 11.8 Å². The zero-order valence-corrected chi connectivity index (χ0v) is 16.4. The molecule has 0 amide bonds. The van der Waals surface area contributed by atoms with Gasteiger partial charge in [0.25, 0.3) is 0 Å². The number of benzene rings is 3. The molecule has 1 atom stereocenters. The Balaban J connectivity index is 1.89. The minimum Gasteiger partial charge on any atom is -0.445 e. The smallest absolute Gasteiger partial charge is 0.339 e. The van der Waals surface area contributed by atoms with Crippen molar-refractivity contribution in [2.24, 2.45) is 0 Å². The first-order chi connectivity index (χ1) is 13.8. The minimum atomic E-state index is -3.49. The van der Waals surface area contributed by atoms with E-state index < -0.39 is 22.1 Å². The van der Waals surface area contributed by atoms with Gasteiger partial charge < -0.3 is 4.74 Å². The van der Waals surface area contributed by atoms with Gasteiger partial charge in [-0.2, -0.15) is 0 Å². The van der Waals surface area contributed by atoms with Gasteiger partial charge in [0.1, 0.15) is 0 Å². The molecule has 0 saturated heterocycles. The lowest BCUT2D eigenvalue weighted by Gasteiger charge is -2.18. The zero-order valence-electron chi connectivity index (χ0n) is 15.6. The maximum atomic E-state index is 13.0. The molecule has 0 aliphatic rings. The monoisotopic (exact) mass is 409 g/mol. The molecule has 3 rings (SSSR count). The van der Waals surface area contributed by atoms with Crippen molar-refractivity contribution in [1.82, 2.24) is 0 Å². The standard InChI is InChI=1S/C22H19NO5S/c1-29(26,27)23-19-14-8-13-18(15-19)22(25)28-21(17-11-6-3-7-12-17)20(24)16-9-4-2-5-10-16/h2-15,21,23H,1H3. The van der Waals surface area contributed by atoms with E-state index in [0.717, 1.165) is 6.26 Å². The van der Waals surface area contributed by atoms with Crippen LogP contribution in [0, 0.1) is 0 Å². The van der Waals surface area contributed by atoms with Crippen molar-refractivity contribution in [2.75, 3.05) is 11.0 Å². The fourth-order valence-corrected chi connectivity index (χ4v) is 3.31. The molecule has 0 aliphatic heterocycles. The molecule has 0 aromatic heterocycles. The Morgan fingerprint density at radius 1 is 0.828 bits per heavy atom. The van der Waals surface area contributed by atoms with Crippen molar-refractivity contribution < 1.29 is 22.7 Å².